The maximum absolute atomic E-state index is 13.6. The molecule has 1 aromatic heterocycles. The van der Waals surface area contributed by atoms with Crippen molar-refractivity contribution in [3.05, 3.63) is 59.0 Å². The Kier molecular flexibility index (Phi) is 6.36. The van der Waals surface area contributed by atoms with E-state index >= 15 is 0 Å². The zero-order valence-electron chi connectivity index (χ0n) is 19.3. The van der Waals surface area contributed by atoms with E-state index in [0.717, 1.165) is 16.8 Å². The summed E-state index contributed by atoms with van der Waals surface area (Å²) in [6.07, 6.45) is 1.26. The number of aryl methyl sites for hydroxylation is 3. The highest BCUT2D eigenvalue weighted by atomic mass is 32.2. The van der Waals surface area contributed by atoms with Gasteiger partial charge in [0.1, 0.15) is 0 Å². The predicted octanol–water partition coefficient (Wildman–Crippen LogP) is 4.01. The number of nitrogens with one attached hydrogen (secondary N) is 1. The molecule has 1 amide bonds. The third-order valence-corrected chi connectivity index (χ3v) is 8.22. The van der Waals surface area contributed by atoms with Crippen LogP contribution in [0.15, 0.2) is 45.8 Å². The first kappa shape index (κ1) is 23.1. The van der Waals surface area contributed by atoms with Gasteiger partial charge in [0.05, 0.1) is 10.8 Å². The number of benzene rings is 2. The van der Waals surface area contributed by atoms with E-state index in [2.05, 4.69) is 15.5 Å². The normalized spacial score (nSPS) is 17.2. The maximum Gasteiger partial charge on any atom is 0.243 e. The highest BCUT2D eigenvalue weighted by molar-refractivity contribution is 7.89. The van der Waals surface area contributed by atoms with E-state index in [1.165, 1.54) is 4.31 Å². The Bertz CT molecular complexity index is 1300. The number of hydrogen-bond donors (Lipinski definition) is 1. The number of amides is 1. The highest BCUT2D eigenvalue weighted by Crippen LogP contribution is 2.29. The molecule has 1 saturated heterocycles. The van der Waals surface area contributed by atoms with E-state index in [0.29, 0.717) is 42.2 Å². The van der Waals surface area contributed by atoms with Crippen molar-refractivity contribution in [2.24, 2.45) is 5.92 Å². The molecule has 0 saturated carbocycles. The standard InChI is InChI=1S/C24H28N4O4S/c1-15-7-5-9-21(17(15)3)26-24(29)20-8-6-12-28(14-20)33(30,31)22-13-19(11-10-16(22)2)23-25-18(4)32-27-23/h5,7,9-11,13,20H,6,8,12,14H2,1-4H3,(H,26,29)/t20-/m0/s1. The molecule has 33 heavy (non-hydrogen) atoms. The molecule has 1 atom stereocenters. The molecule has 0 radical (unpaired) electrons. The molecule has 9 heteroatoms. The topological polar surface area (TPSA) is 105 Å². The lowest BCUT2D eigenvalue weighted by atomic mass is 9.98. The lowest BCUT2D eigenvalue weighted by Crippen LogP contribution is -2.43. The molecule has 0 unspecified atom stereocenters. The molecule has 1 aliphatic heterocycles. The number of anilines is 1. The fourth-order valence-corrected chi connectivity index (χ4v) is 5.84. The van der Waals surface area contributed by atoms with Gasteiger partial charge < -0.3 is 9.84 Å². The number of aromatic nitrogens is 2. The van der Waals surface area contributed by atoms with Crippen LogP contribution < -0.4 is 5.32 Å². The van der Waals surface area contributed by atoms with Crippen molar-refractivity contribution in [2.45, 2.75) is 45.4 Å². The number of nitrogens with zero attached hydrogens (tertiary/aromatic N) is 3. The number of carbonyl (C=O) groups is 1. The average Bonchev–Trinajstić information content (AvgIpc) is 3.23. The first-order valence-corrected chi connectivity index (χ1v) is 12.4. The van der Waals surface area contributed by atoms with Crippen LogP contribution in [0.1, 0.15) is 35.4 Å². The molecule has 3 aromatic rings. The molecular formula is C24H28N4O4S. The molecule has 0 aliphatic carbocycles. The van der Waals surface area contributed by atoms with Crippen molar-refractivity contribution in [3.8, 4) is 11.4 Å². The van der Waals surface area contributed by atoms with E-state index < -0.39 is 15.9 Å². The second kappa shape index (κ2) is 9.07. The molecule has 0 spiro atoms. The third-order valence-electron chi connectivity index (χ3n) is 6.21. The van der Waals surface area contributed by atoms with Crippen LogP contribution in [-0.2, 0) is 14.8 Å². The van der Waals surface area contributed by atoms with Crippen molar-refractivity contribution in [1.82, 2.24) is 14.4 Å². The summed E-state index contributed by atoms with van der Waals surface area (Å²) in [6.45, 7) is 7.91. The van der Waals surface area contributed by atoms with E-state index in [-0.39, 0.29) is 17.3 Å². The Morgan fingerprint density at radius 1 is 1.12 bits per heavy atom. The second-order valence-electron chi connectivity index (χ2n) is 8.56. The van der Waals surface area contributed by atoms with Crippen molar-refractivity contribution in [2.75, 3.05) is 18.4 Å². The summed E-state index contributed by atoms with van der Waals surface area (Å²) in [4.78, 5) is 17.4. The minimum absolute atomic E-state index is 0.143. The van der Waals surface area contributed by atoms with Gasteiger partial charge in [-0.2, -0.15) is 9.29 Å². The van der Waals surface area contributed by atoms with Gasteiger partial charge in [-0.15, -0.1) is 0 Å². The molecule has 1 N–H and O–H groups in total. The van der Waals surface area contributed by atoms with Crippen LogP contribution in [0.3, 0.4) is 0 Å². The first-order chi connectivity index (χ1) is 15.7. The van der Waals surface area contributed by atoms with Crippen LogP contribution in [0.2, 0.25) is 0 Å². The Labute approximate surface area is 194 Å². The largest absolute Gasteiger partial charge is 0.339 e. The average molecular weight is 469 g/mol. The van der Waals surface area contributed by atoms with E-state index in [1.807, 2.05) is 32.0 Å². The van der Waals surface area contributed by atoms with Crippen LogP contribution in [0.5, 0.6) is 0 Å². The number of piperidine rings is 1. The van der Waals surface area contributed by atoms with E-state index in [4.69, 9.17) is 4.52 Å². The zero-order chi connectivity index (χ0) is 23.8. The minimum Gasteiger partial charge on any atom is -0.339 e. The predicted molar refractivity (Wildman–Crippen MR) is 125 cm³/mol. The van der Waals surface area contributed by atoms with Crippen LogP contribution in [0.25, 0.3) is 11.4 Å². The molecular weight excluding hydrogens is 440 g/mol. The quantitative estimate of drug-likeness (QED) is 0.607. The lowest BCUT2D eigenvalue weighted by molar-refractivity contribution is -0.120. The number of sulfonamides is 1. The van der Waals surface area contributed by atoms with Gasteiger partial charge in [0.15, 0.2) is 0 Å². The minimum atomic E-state index is -3.80. The fraction of sp³-hybridized carbons (Fsp3) is 0.375. The molecule has 4 rings (SSSR count). The van der Waals surface area contributed by atoms with Crippen molar-refractivity contribution >= 4 is 21.6 Å². The van der Waals surface area contributed by atoms with Crippen LogP contribution in [0, 0.1) is 33.6 Å². The number of rotatable bonds is 5. The monoisotopic (exact) mass is 468 g/mol. The van der Waals surface area contributed by atoms with Gasteiger partial charge >= 0.3 is 0 Å². The van der Waals surface area contributed by atoms with Gasteiger partial charge in [-0.05, 0) is 62.4 Å². The number of carbonyl (C=O) groups excluding carboxylic acids is 1. The Balaban J connectivity index is 1.56. The molecule has 1 aliphatic rings. The molecule has 1 fully saturated rings. The van der Waals surface area contributed by atoms with E-state index in [1.54, 1.807) is 32.0 Å². The fourth-order valence-electron chi connectivity index (χ4n) is 4.07. The summed E-state index contributed by atoms with van der Waals surface area (Å²) >= 11 is 0. The van der Waals surface area contributed by atoms with Crippen molar-refractivity contribution in [1.29, 1.82) is 0 Å². The summed E-state index contributed by atoms with van der Waals surface area (Å²) in [6, 6.07) is 10.8. The molecule has 2 aromatic carbocycles. The van der Waals surface area contributed by atoms with Gasteiger partial charge in [0, 0.05) is 31.3 Å². The molecule has 0 bridgehead atoms. The Morgan fingerprint density at radius 3 is 2.64 bits per heavy atom. The van der Waals surface area contributed by atoms with Crippen molar-refractivity contribution in [3.63, 3.8) is 0 Å². The van der Waals surface area contributed by atoms with Crippen LogP contribution >= 0.6 is 0 Å². The Morgan fingerprint density at radius 2 is 1.91 bits per heavy atom. The van der Waals surface area contributed by atoms with Gasteiger partial charge in [0.2, 0.25) is 27.6 Å². The summed E-state index contributed by atoms with van der Waals surface area (Å²) in [5, 5.41) is 6.88. The zero-order valence-corrected chi connectivity index (χ0v) is 20.1. The molecule has 174 valence electrons. The van der Waals surface area contributed by atoms with Gasteiger partial charge in [0.25, 0.3) is 0 Å². The van der Waals surface area contributed by atoms with Crippen molar-refractivity contribution < 1.29 is 17.7 Å². The molecule has 2 heterocycles. The van der Waals surface area contributed by atoms with Crippen LogP contribution in [-0.4, -0.2) is 41.9 Å². The maximum atomic E-state index is 13.6. The summed E-state index contributed by atoms with van der Waals surface area (Å²) in [7, 11) is -3.80. The third kappa shape index (κ3) is 4.69. The van der Waals surface area contributed by atoms with Gasteiger partial charge in [-0.25, -0.2) is 8.42 Å². The van der Waals surface area contributed by atoms with E-state index in [9.17, 15) is 13.2 Å². The van der Waals surface area contributed by atoms with Gasteiger partial charge in [-0.3, -0.25) is 4.79 Å². The van der Waals surface area contributed by atoms with Gasteiger partial charge in [-0.1, -0.05) is 29.4 Å². The SMILES string of the molecule is Cc1nc(-c2ccc(C)c(S(=O)(=O)N3CCC[C@H](C(=O)Nc4cccc(C)c4C)C3)c2)no1. The second-order valence-corrected chi connectivity index (χ2v) is 10.5. The lowest BCUT2D eigenvalue weighted by Gasteiger charge is -2.31. The first-order valence-electron chi connectivity index (χ1n) is 11.0. The smallest absolute Gasteiger partial charge is 0.243 e. The highest BCUT2D eigenvalue weighted by Gasteiger charge is 2.34. The van der Waals surface area contributed by atoms with Crippen LogP contribution in [0.4, 0.5) is 5.69 Å². The number of hydrogen-bond acceptors (Lipinski definition) is 6. The Hall–Kier alpha value is -3.04. The molecule has 8 nitrogen and oxygen atoms in total. The summed E-state index contributed by atoms with van der Waals surface area (Å²) in [5.74, 6) is 0.171. The summed E-state index contributed by atoms with van der Waals surface area (Å²) in [5.41, 5.74) is 4.06. The summed E-state index contributed by atoms with van der Waals surface area (Å²) < 4.78 is 33.5.